The first-order valence-electron chi connectivity index (χ1n) is 14.2. The SMILES string of the molecule is CC(=O)O[C@H]1C(=O)[C@@]2(C)C(C3[C@@H](OC(=O)c4ccccc4)[C@@]4(C)C1=C(C)[C@@H](O)C[C@@]34O)[C@]1(OC(C)=O)CO[C@@H]1C[C@@H]2O. The van der Waals surface area contributed by atoms with Crippen LogP contribution in [0.25, 0.3) is 0 Å². The Labute approximate surface area is 242 Å². The minimum absolute atomic E-state index is 0.0592. The lowest BCUT2D eigenvalue weighted by molar-refractivity contribution is -0.380. The zero-order valence-corrected chi connectivity index (χ0v) is 24.2. The molecule has 1 aromatic rings. The predicted octanol–water partition coefficient (Wildman–Crippen LogP) is 1.26. The van der Waals surface area contributed by atoms with Crippen LogP contribution in [0.15, 0.2) is 41.5 Å². The second-order valence-electron chi connectivity index (χ2n) is 12.9. The van der Waals surface area contributed by atoms with E-state index in [1.54, 1.807) is 44.2 Å². The van der Waals surface area contributed by atoms with Gasteiger partial charge < -0.3 is 34.3 Å². The highest BCUT2D eigenvalue weighted by atomic mass is 16.6. The molecule has 7 rings (SSSR count). The Kier molecular flexibility index (Phi) is 6.34. The fourth-order valence-electron chi connectivity index (χ4n) is 8.95. The van der Waals surface area contributed by atoms with Gasteiger partial charge >= 0.3 is 17.9 Å². The van der Waals surface area contributed by atoms with Gasteiger partial charge in [0, 0.05) is 38.5 Å². The van der Waals surface area contributed by atoms with Gasteiger partial charge in [0.25, 0.3) is 0 Å². The molecule has 0 amide bonds. The molecule has 1 aromatic carbocycles. The zero-order chi connectivity index (χ0) is 30.6. The molecule has 0 spiro atoms. The maximum Gasteiger partial charge on any atom is 0.338 e. The Balaban J connectivity index is 1.63. The monoisotopic (exact) mass is 584 g/mol. The Hall–Kier alpha value is -3.12. The predicted molar refractivity (Wildman–Crippen MR) is 143 cm³/mol. The smallest absolute Gasteiger partial charge is 0.338 e. The summed E-state index contributed by atoms with van der Waals surface area (Å²) in [4.78, 5) is 53.3. The van der Waals surface area contributed by atoms with E-state index >= 15 is 0 Å². The summed E-state index contributed by atoms with van der Waals surface area (Å²) in [6, 6.07) is 8.27. The number of benzene rings is 1. The molecule has 0 aromatic heterocycles. The molecule has 3 N–H and O–H groups in total. The number of ether oxygens (including phenoxy) is 4. The molecule has 11 heteroatoms. The fraction of sp³-hybridized carbons (Fsp3) is 0.613. The van der Waals surface area contributed by atoms with Gasteiger partial charge in [-0.25, -0.2) is 4.79 Å². The van der Waals surface area contributed by atoms with Crippen LogP contribution in [0.3, 0.4) is 0 Å². The Morgan fingerprint density at radius 2 is 1.69 bits per heavy atom. The largest absolute Gasteiger partial charge is 0.457 e. The molecule has 1 heterocycles. The molecule has 2 unspecified atom stereocenters. The van der Waals surface area contributed by atoms with Crippen LogP contribution in [0, 0.1) is 22.7 Å². The van der Waals surface area contributed by atoms with Gasteiger partial charge in [0.2, 0.25) is 0 Å². The molecule has 42 heavy (non-hydrogen) atoms. The van der Waals surface area contributed by atoms with Crippen molar-refractivity contribution in [2.45, 2.75) is 89.2 Å². The number of carbonyl (C=O) groups is 4. The lowest BCUT2D eigenvalue weighted by atomic mass is 9.32. The summed E-state index contributed by atoms with van der Waals surface area (Å²) in [5.41, 5.74) is -5.81. The third-order valence-corrected chi connectivity index (χ3v) is 10.9. The van der Waals surface area contributed by atoms with E-state index in [2.05, 4.69) is 0 Å². The number of carbonyl (C=O) groups excluding carboxylic acids is 4. The van der Waals surface area contributed by atoms with Crippen LogP contribution in [-0.2, 0) is 33.3 Å². The lowest BCUT2D eigenvalue weighted by Gasteiger charge is -2.76. The van der Waals surface area contributed by atoms with Crippen LogP contribution in [0.1, 0.15) is 57.8 Å². The van der Waals surface area contributed by atoms with Crippen molar-refractivity contribution in [1.82, 2.24) is 0 Å². The van der Waals surface area contributed by atoms with Gasteiger partial charge in [-0.15, -0.1) is 0 Å². The topological polar surface area (TPSA) is 166 Å². The van der Waals surface area contributed by atoms with E-state index in [1.165, 1.54) is 13.8 Å². The minimum atomic E-state index is -1.82. The van der Waals surface area contributed by atoms with Crippen molar-refractivity contribution in [3.05, 3.63) is 47.0 Å². The Morgan fingerprint density at radius 3 is 2.26 bits per heavy atom. The van der Waals surface area contributed by atoms with Gasteiger partial charge in [-0.05, 0) is 44.1 Å². The molecule has 1 saturated heterocycles. The molecule has 11 nitrogen and oxygen atoms in total. The number of hydrogen-bond donors (Lipinski definition) is 3. The number of aliphatic hydroxyl groups is 3. The second-order valence-corrected chi connectivity index (χ2v) is 12.9. The maximum atomic E-state index is 14.7. The summed E-state index contributed by atoms with van der Waals surface area (Å²) in [6.45, 7) is 6.98. The third kappa shape index (κ3) is 3.42. The molecule has 4 bridgehead atoms. The molecular formula is C31H36O11. The summed E-state index contributed by atoms with van der Waals surface area (Å²) in [6.07, 6.45) is -6.37. The Morgan fingerprint density at radius 1 is 1.02 bits per heavy atom. The van der Waals surface area contributed by atoms with Crippen molar-refractivity contribution in [2.75, 3.05) is 6.61 Å². The van der Waals surface area contributed by atoms with Gasteiger partial charge in [-0.1, -0.05) is 18.2 Å². The number of fused-ring (bicyclic) bond motifs is 2. The number of Topliss-reactive ketones (excluding diaryl/α,β-unsaturated/α-hetero) is 1. The van der Waals surface area contributed by atoms with Crippen molar-refractivity contribution in [3.63, 3.8) is 0 Å². The van der Waals surface area contributed by atoms with E-state index in [-0.39, 0.29) is 30.6 Å². The number of rotatable bonds is 4. The highest BCUT2D eigenvalue weighted by Gasteiger charge is 2.85. The van der Waals surface area contributed by atoms with Crippen molar-refractivity contribution in [1.29, 1.82) is 0 Å². The van der Waals surface area contributed by atoms with Crippen molar-refractivity contribution < 1.29 is 53.4 Å². The summed E-state index contributed by atoms with van der Waals surface area (Å²) in [5, 5.41) is 35.5. The average Bonchev–Trinajstić information content (AvgIpc) is 2.92. The third-order valence-electron chi connectivity index (χ3n) is 10.9. The zero-order valence-electron chi connectivity index (χ0n) is 24.2. The molecule has 0 radical (unpaired) electrons. The molecule has 6 aliphatic rings. The quantitative estimate of drug-likeness (QED) is 0.265. The van der Waals surface area contributed by atoms with Crippen LogP contribution in [0.5, 0.6) is 0 Å². The van der Waals surface area contributed by atoms with Crippen molar-refractivity contribution in [3.8, 4) is 0 Å². The summed E-state index contributed by atoms with van der Waals surface area (Å²) in [7, 11) is 0. The fourth-order valence-corrected chi connectivity index (χ4v) is 8.95. The summed E-state index contributed by atoms with van der Waals surface area (Å²) in [5.74, 6) is -5.00. The van der Waals surface area contributed by atoms with Gasteiger partial charge in [0.15, 0.2) is 17.5 Å². The molecule has 226 valence electrons. The average molecular weight is 585 g/mol. The van der Waals surface area contributed by atoms with Crippen LogP contribution < -0.4 is 0 Å². The lowest BCUT2D eigenvalue weighted by Crippen LogP contribution is -2.87. The first kappa shape index (κ1) is 29.0. The number of ketones is 1. The molecule has 5 aliphatic carbocycles. The van der Waals surface area contributed by atoms with E-state index < -0.39 is 88.1 Å². The molecule has 5 fully saturated rings. The maximum absolute atomic E-state index is 14.7. The highest BCUT2D eigenvalue weighted by Crippen LogP contribution is 2.74. The van der Waals surface area contributed by atoms with Crippen LogP contribution in [-0.4, -0.2) is 87.3 Å². The van der Waals surface area contributed by atoms with E-state index in [4.69, 9.17) is 18.9 Å². The van der Waals surface area contributed by atoms with Gasteiger partial charge in [0.05, 0.1) is 40.8 Å². The van der Waals surface area contributed by atoms with Crippen LogP contribution in [0.4, 0.5) is 0 Å². The summed E-state index contributed by atoms with van der Waals surface area (Å²) >= 11 is 0. The van der Waals surface area contributed by atoms with Gasteiger partial charge in [0.1, 0.15) is 12.2 Å². The summed E-state index contributed by atoms with van der Waals surface area (Å²) < 4.78 is 23.6. The van der Waals surface area contributed by atoms with Crippen molar-refractivity contribution in [2.24, 2.45) is 22.7 Å². The standard InChI is InChI=1S/C31H36O11/c1-14-18(34)12-31(38)22-24-28(4,19(35)11-20-30(24,13-39-20)42-16(3)33)25(36)23(40-15(2)32)21(14)29(31,5)26(22)41-27(37)17-9-7-6-8-10-17/h6-10,18-20,22-24,26,34-35,38H,11-13H2,1-5H3/t18-,19-,20+,22?,23+,24?,26+,28+,29+,30-,31+/m0/s1. The first-order chi connectivity index (χ1) is 19.6. The molecule has 11 atom stereocenters. The van der Waals surface area contributed by atoms with Crippen LogP contribution >= 0.6 is 0 Å². The Bertz CT molecular complexity index is 1400. The van der Waals surface area contributed by atoms with Gasteiger partial charge in [-0.2, -0.15) is 0 Å². The molecular weight excluding hydrogens is 548 g/mol. The highest BCUT2D eigenvalue weighted by molar-refractivity contribution is 5.96. The van der Waals surface area contributed by atoms with E-state index in [1.807, 2.05) is 0 Å². The number of esters is 3. The number of hydrogen-bond acceptors (Lipinski definition) is 11. The van der Waals surface area contributed by atoms with Crippen LogP contribution in [0.2, 0.25) is 0 Å². The molecule has 4 saturated carbocycles. The van der Waals surface area contributed by atoms with E-state index in [0.29, 0.717) is 5.57 Å². The van der Waals surface area contributed by atoms with Crippen molar-refractivity contribution >= 4 is 23.7 Å². The first-order valence-corrected chi connectivity index (χ1v) is 14.2. The van der Waals surface area contributed by atoms with E-state index in [9.17, 15) is 34.5 Å². The normalized spacial score (nSPS) is 45.1. The van der Waals surface area contributed by atoms with E-state index in [0.717, 1.165) is 6.92 Å². The molecule has 1 aliphatic heterocycles. The minimum Gasteiger partial charge on any atom is -0.457 e. The van der Waals surface area contributed by atoms with Gasteiger partial charge in [-0.3, -0.25) is 14.4 Å². The number of aliphatic hydroxyl groups excluding tert-OH is 2. The second kappa shape index (κ2) is 9.19.